The second-order valence-electron chi connectivity index (χ2n) is 8.07. The van der Waals surface area contributed by atoms with Crippen molar-refractivity contribution in [3.05, 3.63) is 59.5 Å². The molecule has 0 saturated carbocycles. The third kappa shape index (κ3) is 7.04. The first-order valence-electron chi connectivity index (χ1n) is 11.3. The highest BCUT2D eigenvalue weighted by Crippen LogP contribution is 2.23. The van der Waals surface area contributed by atoms with Crippen LogP contribution in [0.15, 0.2) is 47.6 Å². The molecule has 8 nitrogen and oxygen atoms in total. The molecule has 0 aliphatic carbocycles. The van der Waals surface area contributed by atoms with Gasteiger partial charge in [0.05, 0.1) is 19.8 Å². The number of aliphatic imine (C=N–C) groups is 1. The average Bonchev–Trinajstić information content (AvgIpc) is 3.47. The highest BCUT2D eigenvalue weighted by molar-refractivity contribution is 14.0. The van der Waals surface area contributed by atoms with Crippen LogP contribution in [-0.2, 0) is 17.7 Å². The van der Waals surface area contributed by atoms with E-state index in [4.69, 9.17) is 14.5 Å². The van der Waals surface area contributed by atoms with Gasteiger partial charge >= 0.3 is 0 Å². The number of hydrogen-bond donors (Lipinski definition) is 2. The lowest BCUT2D eigenvalue weighted by atomic mass is 10.1. The van der Waals surface area contributed by atoms with Gasteiger partial charge in [0.25, 0.3) is 0 Å². The number of aromatic nitrogens is 3. The zero-order chi connectivity index (χ0) is 22.2. The molecule has 9 heteroatoms. The van der Waals surface area contributed by atoms with Gasteiger partial charge in [-0.1, -0.05) is 18.2 Å². The SMILES string of the molecule is CCNC(=NCc1ccc(C)cc1OCC1CCOC1)NCCc1nnc2ccccn12.I. The van der Waals surface area contributed by atoms with E-state index in [-0.39, 0.29) is 24.0 Å². The van der Waals surface area contributed by atoms with E-state index in [2.05, 4.69) is 52.9 Å². The summed E-state index contributed by atoms with van der Waals surface area (Å²) in [4.78, 5) is 4.78. The zero-order valence-corrected chi connectivity index (χ0v) is 21.6. The van der Waals surface area contributed by atoms with E-state index in [0.29, 0.717) is 25.6 Å². The van der Waals surface area contributed by atoms with Crippen molar-refractivity contribution in [1.29, 1.82) is 0 Å². The number of aryl methyl sites for hydroxylation is 1. The quantitative estimate of drug-likeness (QED) is 0.236. The minimum Gasteiger partial charge on any atom is -0.493 e. The molecule has 0 radical (unpaired) electrons. The molecule has 0 spiro atoms. The molecule has 1 fully saturated rings. The van der Waals surface area contributed by atoms with Crippen molar-refractivity contribution in [3.63, 3.8) is 0 Å². The first kappa shape index (κ1) is 25.2. The van der Waals surface area contributed by atoms with Gasteiger partial charge in [0.15, 0.2) is 11.6 Å². The first-order chi connectivity index (χ1) is 15.7. The molecule has 4 rings (SSSR count). The Balaban J connectivity index is 0.00000306. The van der Waals surface area contributed by atoms with Crippen molar-refractivity contribution in [2.24, 2.45) is 10.9 Å². The molecule has 2 aromatic heterocycles. The van der Waals surface area contributed by atoms with Crippen molar-refractivity contribution < 1.29 is 9.47 Å². The van der Waals surface area contributed by atoms with E-state index in [0.717, 1.165) is 61.3 Å². The van der Waals surface area contributed by atoms with Crippen LogP contribution in [0.2, 0.25) is 0 Å². The van der Waals surface area contributed by atoms with Gasteiger partial charge in [0.2, 0.25) is 0 Å². The van der Waals surface area contributed by atoms with Crippen LogP contribution in [0.25, 0.3) is 5.65 Å². The normalized spacial score (nSPS) is 15.9. The Hall–Kier alpha value is -2.40. The Kier molecular flexibility index (Phi) is 9.74. The van der Waals surface area contributed by atoms with E-state index < -0.39 is 0 Å². The van der Waals surface area contributed by atoms with Gasteiger partial charge in [-0.2, -0.15) is 0 Å². The van der Waals surface area contributed by atoms with E-state index in [1.54, 1.807) is 0 Å². The summed E-state index contributed by atoms with van der Waals surface area (Å²) in [5.74, 6) is 3.08. The molecule has 1 unspecified atom stereocenters. The fourth-order valence-electron chi connectivity index (χ4n) is 3.71. The average molecular weight is 564 g/mol. The summed E-state index contributed by atoms with van der Waals surface area (Å²) in [6, 6.07) is 12.2. The lowest BCUT2D eigenvalue weighted by molar-refractivity contribution is 0.166. The number of rotatable bonds is 9. The molecule has 3 heterocycles. The maximum Gasteiger partial charge on any atom is 0.191 e. The summed E-state index contributed by atoms with van der Waals surface area (Å²) in [6.07, 6.45) is 3.80. The number of guanidine groups is 1. The Bertz CT molecular complexity index is 1050. The minimum absolute atomic E-state index is 0. The standard InChI is InChI=1S/C24H32N6O2.HI/c1-3-25-24(26-11-9-23-29-28-22-6-4-5-12-30(22)23)27-15-20-8-7-18(2)14-21(20)32-17-19-10-13-31-16-19;/h4-8,12,14,19H,3,9-11,13,15-17H2,1-2H3,(H2,25,26,27);1H. The van der Waals surface area contributed by atoms with E-state index in [9.17, 15) is 0 Å². The highest BCUT2D eigenvalue weighted by atomic mass is 127. The molecule has 3 aromatic rings. The minimum atomic E-state index is 0. The van der Waals surface area contributed by atoms with Crippen molar-refractivity contribution in [1.82, 2.24) is 25.2 Å². The van der Waals surface area contributed by atoms with Gasteiger partial charge < -0.3 is 20.1 Å². The monoisotopic (exact) mass is 564 g/mol. The number of hydrogen-bond acceptors (Lipinski definition) is 5. The lowest BCUT2D eigenvalue weighted by Gasteiger charge is -2.15. The predicted molar refractivity (Wildman–Crippen MR) is 141 cm³/mol. The van der Waals surface area contributed by atoms with Crippen molar-refractivity contribution >= 4 is 35.6 Å². The Morgan fingerprint density at radius 1 is 1.24 bits per heavy atom. The van der Waals surface area contributed by atoms with Crippen LogP contribution in [0.3, 0.4) is 0 Å². The fraction of sp³-hybridized carbons (Fsp3) is 0.458. The van der Waals surface area contributed by atoms with Crippen LogP contribution in [0.4, 0.5) is 0 Å². The Labute approximate surface area is 212 Å². The summed E-state index contributed by atoms with van der Waals surface area (Å²) in [5, 5.41) is 15.2. The van der Waals surface area contributed by atoms with Gasteiger partial charge in [-0.15, -0.1) is 34.2 Å². The third-order valence-corrected chi connectivity index (χ3v) is 5.50. The zero-order valence-electron chi connectivity index (χ0n) is 19.3. The third-order valence-electron chi connectivity index (χ3n) is 5.50. The van der Waals surface area contributed by atoms with Crippen molar-refractivity contribution in [2.45, 2.75) is 33.2 Å². The van der Waals surface area contributed by atoms with Gasteiger partial charge in [0, 0.05) is 43.8 Å². The largest absolute Gasteiger partial charge is 0.493 e. The highest BCUT2D eigenvalue weighted by Gasteiger charge is 2.17. The van der Waals surface area contributed by atoms with Gasteiger partial charge in [-0.25, -0.2) is 4.99 Å². The molecular weight excluding hydrogens is 531 g/mol. The smallest absolute Gasteiger partial charge is 0.191 e. The molecular formula is C24H33IN6O2. The molecule has 1 atom stereocenters. The predicted octanol–water partition coefficient (Wildman–Crippen LogP) is 3.37. The summed E-state index contributed by atoms with van der Waals surface area (Å²) in [5.41, 5.74) is 3.12. The van der Waals surface area contributed by atoms with E-state index in [1.807, 2.05) is 28.8 Å². The van der Waals surface area contributed by atoms with E-state index in [1.165, 1.54) is 5.56 Å². The van der Waals surface area contributed by atoms with Crippen LogP contribution < -0.4 is 15.4 Å². The first-order valence-corrected chi connectivity index (χ1v) is 11.3. The molecule has 1 aromatic carbocycles. The van der Waals surface area contributed by atoms with Gasteiger partial charge in [-0.05, 0) is 44.0 Å². The van der Waals surface area contributed by atoms with Crippen LogP contribution in [0.5, 0.6) is 5.75 Å². The molecule has 33 heavy (non-hydrogen) atoms. The maximum absolute atomic E-state index is 6.16. The van der Waals surface area contributed by atoms with Crippen molar-refractivity contribution in [3.8, 4) is 5.75 Å². The Morgan fingerprint density at radius 2 is 2.15 bits per heavy atom. The van der Waals surface area contributed by atoms with Crippen LogP contribution >= 0.6 is 24.0 Å². The second-order valence-corrected chi connectivity index (χ2v) is 8.07. The number of nitrogens with zero attached hydrogens (tertiary/aromatic N) is 4. The summed E-state index contributed by atoms with van der Waals surface area (Å²) >= 11 is 0. The van der Waals surface area contributed by atoms with E-state index >= 15 is 0 Å². The number of halogens is 1. The van der Waals surface area contributed by atoms with Crippen LogP contribution in [0.1, 0.15) is 30.3 Å². The van der Waals surface area contributed by atoms with Crippen molar-refractivity contribution in [2.75, 3.05) is 32.9 Å². The molecule has 1 saturated heterocycles. The van der Waals surface area contributed by atoms with Gasteiger partial charge in [-0.3, -0.25) is 4.40 Å². The molecule has 1 aliphatic rings. The molecule has 2 N–H and O–H groups in total. The lowest BCUT2D eigenvalue weighted by Crippen LogP contribution is -2.38. The number of fused-ring (bicyclic) bond motifs is 1. The molecule has 1 aliphatic heterocycles. The fourth-order valence-corrected chi connectivity index (χ4v) is 3.71. The molecule has 0 bridgehead atoms. The topological polar surface area (TPSA) is 85.1 Å². The summed E-state index contributed by atoms with van der Waals surface area (Å²) < 4.78 is 13.6. The van der Waals surface area contributed by atoms with Crippen LogP contribution in [-0.4, -0.2) is 53.5 Å². The number of ether oxygens (including phenoxy) is 2. The van der Waals surface area contributed by atoms with Crippen LogP contribution in [0, 0.1) is 12.8 Å². The maximum atomic E-state index is 6.16. The second kappa shape index (κ2) is 12.7. The number of nitrogens with one attached hydrogen (secondary N) is 2. The number of pyridine rings is 1. The summed E-state index contributed by atoms with van der Waals surface area (Å²) in [7, 11) is 0. The molecule has 178 valence electrons. The summed E-state index contributed by atoms with van der Waals surface area (Å²) in [6.45, 7) is 8.49. The number of benzene rings is 1. The Morgan fingerprint density at radius 3 is 2.97 bits per heavy atom. The van der Waals surface area contributed by atoms with Gasteiger partial charge in [0.1, 0.15) is 11.6 Å². The molecule has 0 amide bonds.